The summed E-state index contributed by atoms with van der Waals surface area (Å²) < 4.78 is 0. The van der Waals surface area contributed by atoms with Gasteiger partial charge in [-0.05, 0) is 23.6 Å². The van der Waals surface area contributed by atoms with E-state index in [1.54, 1.807) is 6.92 Å². The number of phenols is 1. The van der Waals surface area contributed by atoms with Crippen molar-refractivity contribution in [2.45, 2.75) is 51.2 Å². The van der Waals surface area contributed by atoms with Gasteiger partial charge in [0.25, 0.3) is 0 Å². The quantitative estimate of drug-likeness (QED) is 0.278. The van der Waals surface area contributed by atoms with Gasteiger partial charge in [0.1, 0.15) is 17.8 Å². The van der Waals surface area contributed by atoms with Crippen LogP contribution in [0.2, 0.25) is 0 Å². The number of nitrogens with one attached hydrogen (secondary N) is 2. The van der Waals surface area contributed by atoms with Crippen molar-refractivity contribution in [3.8, 4) is 5.75 Å². The van der Waals surface area contributed by atoms with Crippen LogP contribution in [0.15, 0.2) is 24.3 Å². The molecule has 0 saturated carbocycles. The normalized spacial score (nSPS) is 14.9. The highest BCUT2D eigenvalue weighted by atomic mass is 16.4. The molecule has 0 heterocycles. The third-order valence-corrected chi connectivity index (χ3v) is 4.59. The number of benzene rings is 1. The van der Waals surface area contributed by atoms with E-state index in [-0.39, 0.29) is 18.1 Å². The number of rotatable bonds is 11. The van der Waals surface area contributed by atoms with E-state index in [1.807, 2.05) is 6.92 Å². The molecule has 29 heavy (non-hydrogen) atoms. The Bertz CT molecular complexity index is 737. The zero-order valence-electron chi connectivity index (χ0n) is 16.4. The average molecular weight is 408 g/mol. The minimum Gasteiger partial charge on any atom is -0.508 e. The standard InChI is InChI=1S/C19H28N4O6/c1-3-10(2)16(21)18(27)22-13(9-15(20)25)17(26)23-14(19(28)29)8-11-4-6-12(24)7-5-11/h4-7,10,13-14,16,24H,3,8-9,21H2,1-2H3,(H2,20,25)(H,22,27)(H,23,26)(H,28,29). The summed E-state index contributed by atoms with van der Waals surface area (Å²) in [5.74, 6) is -3.77. The third kappa shape index (κ3) is 7.78. The Balaban J connectivity index is 2.89. The van der Waals surface area contributed by atoms with Crippen LogP contribution in [0.5, 0.6) is 5.75 Å². The Morgan fingerprint density at radius 1 is 1.03 bits per heavy atom. The Kier molecular flexibility index (Phi) is 9.07. The first kappa shape index (κ1) is 23.9. The van der Waals surface area contributed by atoms with Gasteiger partial charge in [0.2, 0.25) is 17.7 Å². The molecule has 160 valence electrons. The van der Waals surface area contributed by atoms with Gasteiger partial charge >= 0.3 is 5.97 Å². The van der Waals surface area contributed by atoms with Gasteiger partial charge in [-0.1, -0.05) is 32.4 Å². The largest absolute Gasteiger partial charge is 0.508 e. The SMILES string of the molecule is CCC(C)C(N)C(=O)NC(CC(N)=O)C(=O)NC(Cc1ccc(O)cc1)C(=O)O. The van der Waals surface area contributed by atoms with Crippen LogP contribution in [0.4, 0.5) is 0 Å². The fourth-order valence-corrected chi connectivity index (χ4v) is 2.53. The second kappa shape index (κ2) is 11.0. The van der Waals surface area contributed by atoms with Crippen molar-refractivity contribution < 1.29 is 29.4 Å². The van der Waals surface area contributed by atoms with Crippen molar-refractivity contribution in [2.24, 2.45) is 17.4 Å². The predicted molar refractivity (Wildman–Crippen MR) is 105 cm³/mol. The van der Waals surface area contributed by atoms with E-state index in [9.17, 15) is 29.4 Å². The van der Waals surface area contributed by atoms with E-state index < -0.39 is 48.2 Å². The van der Waals surface area contributed by atoms with Crippen molar-refractivity contribution in [3.05, 3.63) is 29.8 Å². The minimum atomic E-state index is -1.35. The molecule has 0 aliphatic heterocycles. The van der Waals surface area contributed by atoms with E-state index in [2.05, 4.69) is 10.6 Å². The van der Waals surface area contributed by atoms with Gasteiger partial charge in [-0.15, -0.1) is 0 Å². The number of carbonyl (C=O) groups is 4. The molecule has 1 aromatic carbocycles. The van der Waals surface area contributed by atoms with Gasteiger partial charge in [0.15, 0.2) is 0 Å². The molecular formula is C19H28N4O6. The Morgan fingerprint density at radius 3 is 2.07 bits per heavy atom. The molecule has 4 unspecified atom stereocenters. The first-order chi connectivity index (χ1) is 13.5. The lowest BCUT2D eigenvalue weighted by Crippen LogP contribution is -2.56. The summed E-state index contributed by atoms with van der Waals surface area (Å²) >= 11 is 0. The third-order valence-electron chi connectivity index (χ3n) is 4.59. The topological polar surface area (TPSA) is 185 Å². The molecule has 1 rings (SSSR count). The molecule has 10 nitrogen and oxygen atoms in total. The first-order valence-corrected chi connectivity index (χ1v) is 9.20. The second-order valence-electron chi connectivity index (χ2n) is 6.91. The molecule has 0 spiro atoms. The fraction of sp³-hybridized carbons (Fsp3) is 0.474. The number of carboxylic acid groups (broad SMARTS) is 1. The van der Waals surface area contributed by atoms with Gasteiger partial charge < -0.3 is 32.3 Å². The molecule has 3 amide bonds. The number of aliphatic carboxylic acids is 1. The smallest absolute Gasteiger partial charge is 0.326 e. The van der Waals surface area contributed by atoms with Gasteiger partial charge in [0.05, 0.1) is 12.5 Å². The average Bonchev–Trinajstić information content (AvgIpc) is 2.66. The number of hydrogen-bond acceptors (Lipinski definition) is 6. The fourth-order valence-electron chi connectivity index (χ4n) is 2.53. The summed E-state index contributed by atoms with van der Waals surface area (Å²) in [6.45, 7) is 3.62. The van der Waals surface area contributed by atoms with E-state index in [0.29, 0.717) is 12.0 Å². The Hall–Kier alpha value is -3.14. The van der Waals surface area contributed by atoms with Crippen LogP contribution in [-0.2, 0) is 25.6 Å². The molecule has 0 aromatic heterocycles. The highest BCUT2D eigenvalue weighted by molar-refractivity contribution is 5.94. The maximum absolute atomic E-state index is 12.6. The summed E-state index contributed by atoms with van der Waals surface area (Å²) in [5.41, 5.74) is 11.6. The number of amides is 3. The molecule has 0 fully saturated rings. The van der Waals surface area contributed by atoms with Crippen LogP contribution < -0.4 is 22.1 Å². The summed E-state index contributed by atoms with van der Waals surface area (Å²) in [7, 11) is 0. The monoisotopic (exact) mass is 408 g/mol. The number of hydrogen-bond donors (Lipinski definition) is 6. The Morgan fingerprint density at radius 2 is 1.59 bits per heavy atom. The molecule has 1 aromatic rings. The summed E-state index contributed by atoms with van der Waals surface area (Å²) in [5, 5.41) is 23.4. The van der Waals surface area contributed by atoms with Gasteiger partial charge in [-0.3, -0.25) is 14.4 Å². The first-order valence-electron chi connectivity index (χ1n) is 9.20. The highest BCUT2D eigenvalue weighted by Crippen LogP contribution is 2.12. The van der Waals surface area contributed by atoms with Crippen molar-refractivity contribution in [3.63, 3.8) is 0 Å². The number of primary amides is 1. The van der Waals surface area contributed by atoms with Crippen LogP contribution in [0.1, 0.15) is 32.3 Å². The number of aromatic hydroxyl groups is 1. The van der Waals surface area contributed by atoms with Crippen molar-refractivity contribution in [1.82, 2.24) is 10.6 Å². The van der Waals surface area contributed by atoms with E-state index in [1.165, 1.54) is 24.3 Å². The molecular weight excluding hydrogens is 380 g/mol. The minimum absolute atomic E-state index is 0.0199. The molecule has 0 radical (unpaired) electrons. The maximum Gasteiger partial charge on any atom is 0.326 e. The molecule has 0 bridgehead atoms. The molecule has 0 aliphatic rings. The number of carboxylic acids is 1. The van der Waals surface area contributed by atoms with Gasteiger partial charge in [-0.25, -0.2) is 4.79 Å². The Labute approximate surface area is 168 Å². The lowest BCUT2D eigenvalue weighted by atomic mass is 9.98. The van der Waals surface area contributed by atoms with Crippen molar-refractivity contribution in [1.29, 1.82) is 0 Å². The predicted octanol–water partition coefficient (Wildman–Crippen LogP) is -0.762. The molecule has 8 N–H and O–H groups in total. The molecule has 10 heteroatoms. The second-order valence-corrected chi connectivity index (χ2v) is 6.91. The van der Waals surface area contributed by atoms with Gasteiger partial charge in [0, 0.05) is 6.42 Å². The molecule has 0 aliphatic carbocycles. The van der Waals surface area contributed by atoms with Crippen molar-refractivity contribution in [2.75, 3.05) is 0 Å². The molecule has 4 atom stereocenters. The maximum atomic E-state index is 12.6. The van der Waals surface area contributed by atoms with Crippen LogP contribution in [0, 0.1) is 5.92 Å². The summed E-state index contributed by atoms with van der Waals surface area (Å²) in [6.07, 6.45) is 0.0658. The number of nitrogens with two attached hydrogens (primary N) is 2. The van der Waals surface area contributed by atoms with E-state index in [4.69, 9.17) is 11.5 Å². The lowest BCUT2D eigenvalue weighted by Gasteiger charge is -2.24. The summed E-state index contributed by atoms with van der Waals surface area (Å²) in [4.78, 5) is 47.7. The van der Waals surface area contributed by atoms with Crippen molar-refractivity contribution >= 4 is 23.7 Å². The van der Waals surface area contributed by atoms with E-state index >= 15 is 0 Å². The van der Waals surface area contributed by atoms with Crippen LogP contribution in [0.3, 0.4) is 0 Å². The highest BCUT2D eigenvalue weighted by Gasteiger charge is 2.30. The zero-order valence-corrected chi connectivity index (χ0v) is 16.4. The van der Waals surface area contributed by atoms with Crippen LogP contribution in [-0.4, -0.2) is 52.0 Å². The van der Waals surface area contributed by atoms with Crippen LogP contribution >= 0.6 is 0 Å². The molecule has 0 saturated heterocycles. The number of phenolic OH excluding ortho intramolecular Hbond substituents is 1. The van der Waals surface area contributed by atoms with Gasteiger partial charge in [-0.2, -0.15) is 0 Å². The summed E-state index contributed by atoms with van der Waals surface area (Å²) in [6, 6.07) is 2.26. The zero-order chi connectivity index (χ0) is 22.1. The number of carbonyl (C=O) groups excluding carboxylic acids is 3. The van der Waals surface area contributed by atoms with Crippen LogP contribution in [0.25, 0.3) is 0 Å². The van der Waals surface area contributed by atoms with E-state index in [0.717, 1.165) is 0 Å². The lowest BCUT2D eigenvalue weighted by molar-refractivity contribution is -0.142.